The van der Waals surface area contributed by atoms with Crippen molar-refractivity contribution < 1.29 is 5.11 Å². The molecule has 0 spiro atoms. The van der Waals surface area contributed by atoms with Crippen LogP contribution in [0.2, 0.25) is 0 Å². The Hall–Kier alpha value is -1.40. The van der Waals surface area contributed by atoms with Crippen molar-refractivity contribution >= 4 is 11.6 Å². The van der Waals surface area contributed by atoms with Gasteiger partial charge in [-0.05, 0) is 19.3 Å². The molecule has 0 aromatic carbocycles. The van der Waals surface area contributed by atoms with Crippen LogP contribution in [-0.4, -0.2) is 34.3 Å². The second kappa shape index (κ2) is 5.77. The average molecular weight is 293 g/mol. The van der Waals surface area contributed by atoms with Gasteiger partial charge in [0.1, 0.15) is 17.5 Å². The van der Waals surface area contributed by atoms with Crippen molar-refractivity contribution in [3.8, 4) is 0 Å². The van der Waals surface area contributed by atoms with Crippen LogP contribution in [-0.2, 0) is 5.41 Å². The molecule has 1 saturated heterocycles. The Kier molecular flexibility index (Phi) is 4.39. The van der Waals surface area contributed by atoms with Crippen LogP contribution in [0.1, 0.15) is 45.5 Å². The summed E-state index contributed by atoms with van der Waals surface area (Å²) in [5, 5.41) is 9.90. The topological polar surface area (TPSA) is 87.3 Å². The maximum Gasteiger partial charge on any atom is 0.148 e. The minimum absolute atomic E-state index is 0.144. The van der Waals surface area contributed by atoms with E-state index >= 15 is 0 Å². The molecule has 2 unspecified atom stereocenters. The van der Waals surface area contributed by atoms with Gasteiger partial charge in [-0.25, -0.2) is 15.8 Å². The molecular weight excluding hydrogens is 266 g/mol. The summed E-state index contributed by atoms with van der Waals surface area (Å²) in [6.45, 7) is 11.9. The third-order valence-corrected chi connectivity index (χ3v) is 4.09. The van der Waals surface area contributed by atoms with Gasteiger partial charge in [0.2, 0.25) is 0 Å². The van der Waals surface area contributed by atoms with Crippen LogP contribution in [0.3, 0.4) is 0 Å². The number of nitrogens with zero attached hydrogens (tertiary/aromatic N) is 3. The average Bonchev–Trinajstić information content (AvgIpc) is 2.41. The molecule has 2 rings (SSSR count). The summed E-state index contributed by atoms with van der Waals surface area (Å²) in [6.07, 6.45) is 0.540. The van der Waals surface area contributed by atoms with Gasteiger partial charge in [0, 0.05) is 24.1 Å². The molecule has 1 fully saturated rings. The van der Waals surface area contributed by atoms with Crippen molar-refractivity contribution in [2.24, 2.45) is 11.8 Å². The summed E-state index contributed by atoms with van der Waals surface area (Å²) in [7, 11) is 0. The fourth-order valence-corrected chi connectivity index (χ4v) is 2.61. The number of nitrogens with one attached hydrogen (secondary N) is 1. The Morgan fingerprint density at radius 2 is 2.00 bits per heavy atom. The van der Waals surface area contributed by atoms with Crippen LogP contribution in [0, 0.1) is 12.8 Å². The molecule has 4 N–H and O–H groups in total. The first-order chi connectivity index (χ1) is 9.74. The number of piperidine rings is 1. The van der Waals surface area contributed by atoms with Crippen LogP contribution < -0.4 is 16.2 Å². The molecule has 0 radical (unpaired) electrons. The Morgan fingerprint density at radius 3 is 2.52 bits per heavy atom. The molecule has 0 bridgehead atoms. The number of aromatic nitrogens is 2. The predicted molar refractivity (Wildman–Crippen MR) is 85.3 cm³/mol. The van der Waals surface area contributed by atoms with Gasteiger partial charge in [-0.1, -0.05) is 27.7 Å². The van der Waals surface area contributed by atoms with Crippen molar-refractivity contribution in [2.75, 3.05) is 23.4 Å². The summed E-state index contributed by atoms with van der Waals surface area (Å²) in [6, 6.07) is 0. The van der Waals surface area contributed by atoms with Crippen molar-refractivity contribution in [3.63, 3.8) is 0 Å². The highest BCUT2D eigenvalue weighted by atomic mass is 16.3. The summed E-state index contributed by atoms with van der Waals surface area (Å²) in [5.41, 5.74) is 3.49. The number of nitrogen functional groups attached to an aromatic ring is 1. The van der Waals surface area contributed by atoms with Gasteiger partial charge in [-0.3, -0.25) is 0 Å². The van der Waals surface area contributed by atoms with E-state index in [1.807, 2.05) is 6.92 Å². The third kappa shape index (κ3) is 3.27. The highest BCUT2D eigenvalue weighted by Gasteiger charge is 2.28. The Balaban J connectivity index is 2.42. The normalized spacial score (nSPS) is 23.3. The van der Waals surface area contributed by atoms with Crippen LogP contribution in [0.25, 0.3) is 0 Å². The second-order valence-electron chi connectivity index (χ2n) is 7.02. The Bertz CT molecular complexity index is 512. The molecule has 6 heteroatoms. The third-order valence-electron chi connectivity index (χ3n) is 4.09. The Morgan fingerprint density at radius 1 is 1.33 bits per heavy atom. The largest absolute Gasteiger partial charge is 0.393 e. The monoisotopic (exact) mass is 293 g/mol. The molecule has 0 amide bonds. The predicted octanol–water partition coefficient (Wildman–Crippen LogP) is 1.58. The van der Waals surface area contributed by atoms with Gasteiger partial charge in [0.05, 0.1) is 6.10 Å². The molecule has 118 valence electrons. The van der Waals surface area contributed by atoms with Gasteiger partial charge in [-0.2, -0.15) is 0 Å². The van der Waals surface area contributed by atoms with Crippen molar-refractivity contribution in [1.82, 2.24) is 9.97 Å². The lowest BCUT2D eigenvalue weighted by Crippen LogP contribution is -2.43. The lowest BCUT2D eigenvalue weighted by Gasteiger charge is -2.36. The molecule has 1 aromatic heterocycles. The zero-order valence-electron chi connectivity index (χ0n) is 13.6. The summed E-state index contributed by atoms with van der Waals surface area (Å²) in [4.78, 5) is 11.5. The summed E-state index contributed by atoms with van der Waals surface area (Å²) in [5.74, 6) is 8.21. The number of hydrogen-bond acceptors (Lipinski definition) is 6. The first-order valence-corrected chi connectivity index (χ1v) is 7.52. The molecule has 0 aliphatic carbocycles. The molecule has 21 heavy (non-hydrogen) atoms. The van der Waals surface area contributed by atoms with E-state index in [1.165, 1.54) is 0 Å². The SMILES string of the molecule is Cc1c(NN)nc(C(C)(C)C)nc1N1CCC(O)C(C)C1. The zero-order valence-corrected chi connectivity index (χ0v) is 13.6. The van der Waals surface area contributed by atoms with E-state index in [0.29, 0.717) is 5.82 Å². The van der Waals surface area contributed by atoms with Gasteiger partial charge >= 0.3 is 0 Å². The molecular formula is C15H27N5O. The Labute approximate surface area is 126 Å². The molecule has 2 atom stereocenters. The van der Waals surface area contributed by atoms with E-state index in [4.69, 9.17) is 10.8 Å². The van der Waals surface area contributed by atoms with Gasteiger partial charge in [-0.15, -0.1) is 0 Å². The van der Waals surface area contributed by atoms with E-state index < -0.39 is 0 Å². The lowest BCUT2D eigenvalue weighted by molar-refractivity contribution is 0.0968. The van der Waals surface area contributed by atoms with E-state index in [9.17, 15) is 5.11 Å². The number of aliphatic hydroxyl groups excluding tert-OH is 1. The fraction of sp³-hybridized carbons (Fsp3) is 0.733. The van der Waals surface area contributed by atoms with Crippen molar-refractivity contribution in [1.29, 1.82) is 0 Å². The highest BCUT2D eigenvalue weighted by Crippen LogP contribution is 2.30. The highest BCUT2D eigenvalue weighted by molar-refractivity contribution is 5.58. The summed E-state index contributed by atoms with van der Waals surface area (Å²) >= 11 is 0. The number of rotatable bonds is 2. The molecule has 0 saturated carbocycles. The minimum Gasteiger partial charge on any atom is -0.393 e. The zero-order chi connectivity index (χ0) is 15.8. The summed E-state index contributed by atoms with van der Waals surface area (Å²) < 4.78 is 0. The molecule has 1 aliphatic rings. The maximum absolute atomic E-state index is 9.90. The number of aliphatic hydroxyl groups is 1. The van der Waals surface area contributed by atoms with Gasteiger partial charge in [0.25, 0.3) is 0 Å². The van der Waals surface area contributed by atoms with E-state index in [1.54, 1.807) is 0 Å². The quantitative estimate of drug-likeness (QED) is 0.567. The van der Waals surface area contributed by atoms with Crippen molar-refractivity contribution in [2.45, 2.75) is 52.6 Å². The standard InChI is InChI=1S/C15H27N5O/c1-9-8-20(7-6-11(9)21)13-10(2)12(19-16)17-14(18-13)15(3,4)5/h9,11,21H,6-8,16H2,1-5H3,(H,17,18,19). The van der Waals surface area contributed by atoms with E-state index in [2.05, 4.69) is 43.0 Å². The fourth-order valence-electron chi connectivity index (χ4n) is 2.61. The van der Waals surface area contributed by atoms with E-state index in [0.717, 1.165) is 36.7 Å². The number of anilines is 2. The minimum atomic E-state index is -0.224. The van der Waals surface area contributed by atoms with Crippen LogP contribution >= 0.6 is 0 Å². The molecule has 6 nitrogen and oxygen atoms in total. The van der Waals surface area contributed by atoms with Crippen LogP contribution in [0.4, 0.5) is 11.6 Å². The van der Waals surface area contributed by atoms with Crippen LogP contribution in [0.15, 0.2) is 0 Å². The lowest BCUT2D eigenvalue weighted by atomic mass is 9.95. The number of hydrazine groups is 1. The molecule has 2 heterocycles. The number of hydrogen-bond donors (Lipinski definition) is 3. The smallest absolute Gasteiger partial charge is 0.148 e. The van der Waals surface area contributed by atoms with Gasteiger partial charge < -0.3 is 15.4 Å². The molecule has 1 aliphatic heterocycles. The second-order valence-corrected chi connectivity index (χ2v) is 7.02. The van der Waals surface area contributed by atoms with Gasteiger partial charge in [0.15, 0.2) is 0 Å². The first kappa shape index (κ1) is 16.0. The maximum atomic E-state index is 9.90. The van der Waals surface area contributed by atoms with Crippen molar-refractivity contribution in [3.05, 3.63) is 11.4 Å². The first-order valence-electron chi connectivity index (χ1n) is 7.52. The van der Waals surface area contributed by atoms with Crippen LogP contribution in [0.5, 0.6) is 0 Å². The molecule has 1 aromatic rings. The van der Waals surface area contributed by atoms with E-state index in [-0.39, 0.29) is 17.4 Å². The number of nitrogens with two attached hydrogens (primary N) is 1.